The average molecular weight is 397 g/mol. The van der Waals surface area contributed by atoms with Crippen LogP contribution in [0.4, 0.5) is 5.69 Å². The van der Waals surface area contributed by atoms with Crippen LogP contribution in [0.15, 0.2) is 53.5 Å². The second kappa shape index (κ2) is 8.27. The summed E-state index contributed by atoms with van der Waals surface area (Å²) in [5, 5.41) is 0. The number of thioether (sulfide) groups is 1. The van der Waals surface area contributed by atoms with E-state index in [4.69, 9.17) is 14.5 Å². The number of benzene rings is 2. The maximum atomic E-state index is 12.6. The number of ether oxygens (including phenoxy) is 2. The van der Waals surface area contributed by atoms with Gasteiger partial charge in [-0.25, -0.2) is 4.99 Å². The highest BCUT2D eigenvalue weighted by atomic mass is 32.2. The van der Waals surface area contributed by atoms with Crippen LogP contribution in [-0.4, -0.2) is 49.1 Å². The molecule has 2 aromatic carbocycles. The molecule has 0 radical (unpaired) electrons. The lowest BCUT2D eigenvalue weighted by molar-refractivity contribution is -0.116. The summed E-state index contributed by atoms with van der Waals surface area (Å²) in [6, 6.07) is 15.9. The van der Waals surface area contributed by atoms with Crippen molar-refractivity contribution < 1.29 is 14.3 Å². The van der Waals surface area contributed by atoms with E-state index in [0.717, 1.165) is 35.7 Å². The molecule has 0 aromatic heterocycles. The van der Waals surface area contributed by atoms with Gasteiger partial charge in [-0.15, -0.1) is 11.8 Å². The Bertz CT molecular complexity index is 882. The van der Waals surface area contributed by atoms with Crippen molar-refractivity contribution in [1.82, 2.24) is 0 Å². The summed E-state index contributed by atoms with van der Waals surface area (Å²) >= 11 is 1.63. The lowest BCUT2D eigenvalue weighted by atomic mass is 10.2. The number of carbonyl (C=O) groups excluding carboxylic acids is 1. The SMILES string of the molecule is COc1ccc(C2=NC(CSCC(=O)N3CCc4ccccc43)C(C)O2)cc1. The first-order chi connectivity index (χ1) is 13.7. The summed E-state index contributed by atoms with van der Waals surface area (Å²) in [4.78, 5) is 19.3. The number of aliphatic imine (C=N–C) groups is 1. The summed E-state index contributed by atoms with van der Waals surface area (Å²) in [6.07, 6.45) is 0.947. The van der Waals surface area contributed by atoms with E-state index in [1.165, 1.54) is 5.56 Å². The molecule has 0 spiro atoms. The Hall–Kier alpha value is -2.47. The molecule has 0 fully saturated rings. The predicted molar refractivity (Wildman–Crippen MR) is 114 cm³/mol. The molecule has 2 aliphatic rings. The zero-order valence-corrected chi connectivity index (χ0v) is 16.9. The molecule has 0 saturated heterocycles. The van der Waals surface area contributed by atoms with Gasteiger partial charge in [-0.1, -0.05) is 18.2 Å². The van der Waals surface area contributed by atoms with Gasteiger partial charge in [-0.2, -0.15) is 0 Å². The second-order valence-corrected chi connectivity index (χ2v) is 8.02. The topological polar surface area (TPSA) is 51.1 Å². The molecular weight excluding hydrogens is 372 g/mol. The number of para-hydroxylation sites is 1. The van der Waals surface area contributed by atoms with Crippen molar-refractivity contribution in [1.29, 1.82) is 0 Å². The molecule has 0 N–H and O–H groups in total. The van der Waals surface area contributed by atoms with Gasteiger partial charge in [0.25, 0.3) is 0 Å². The third-order valence-corrected chi connectivity index (χ3v) is 6.19. The Balaban J connectivity index is 1.32. The van der Waals surface area contributed by atoms with E-state index in [1.807, 2.05) is 54.3 Å². The zero-order chi connectivity index (χ0) is 19.5. The highest BCUT2D eigenvalue weighted by Crippen LogP contribution is 2.28. The van der Waals surface area contributed by atoms with Crippen molar-refractivity contribution >= 4 is 29.3 Å². The Labute approximate surface area is 169 Å². The standard InChI is InChI=1S/C22H24N2O3S/c1-15-19(23-22(27-15)17-7-9-18(26-2)10-8-17)13-28-14-21(25)24-12-11-16-5-3-4-6-20(16)24/h3-10,15,19H,11-14H2,1-2H3. The molecule has 28 heavy (non-hydrogen) atoms. The first-order valence-corrected chi connectivity index (χ1v) is 10.7. The average Bonchev–Trinajstić information content (AvgIpc) is 3.32. The van der Waals surface area contributed by atoms with Crippen molar-refractivity contribution in [2.45, 2.75) is 25.5 Å². The van der Waals surface area contributed by atoms with Crippen LogP contribution < -0.4 is 9.64 Å². The van der Waals surface area contributed by atoms with Crippen molar-refractivity contribution in [2.24, 2.45) is 4.99 Å². The number of amides is 1. The monoisotopic (exact) mass is 396 g/mol. The lowest BCUT2D eigenvalue weighted by Crippen LogP contribution is -2.31. The number of hydrogen-bond donors (Lipinski definition) is 0. The number of hydrogen-bond acceptors (Lipinski definition) is 5. The van der Waals surface area contributed by atoms with Crippen LogP contribution in [0.1, 0.15) is 18.1 Å². The fourth-order valence-electron chi connectivity index (χ4n) is 3.53. The van der Waals surface area contributed by atoms with Gasteiger partial charge in [0.2, 0.25) is 11.8 Å². The van der Waals surface area contributed by atoms with E-state index < -0.39 is 0 Å². The van der Waals surface area contributed by atoms with Crippen LogP contribution in [0, 0.1) is 0 Å². The fraction of sp³-hybridized carbons (Fsp3) is 0.364. The van der Waals surface area contributed by atoms with Gasteiger partial charge in [-0.05, 0) is 49.2 Å². The molecule has 0 bridgehead atoms. The van der Waals surface area contributed by atoms with Gasteiger partial charge in [0, 0.05) is 23.5 Å². The molecule has 2 heterocycles. The highest BCUT2D eigenvalue weighted by Gasteiger charge is 2.29. The Morgan fingerprint density at radius 1 is 1.25 bits per heavy atom. The molecule has 2 atom stereocenters. The fourth-order valence-corrected chi connectivity index (χ4v) is 4.57. The number of methoxy groups -OCH3 is 1. The number of nitrogens with zero attached hydrogens (tertiary/aromatic N) is 2. The van der Waals surface area contributed by atoms with Crippen LogP contribution in [0.3, 0.4) is 0 Å². The molecule has 0 saturated carbocycles. The minimum atomic E-state index is 0.00668. The minimum Gasteiger partial charge on any atom is -0.497 e. The van der Waals surface area contributed by atoms with Crippen molar-refractivity contribution in [3.8, 4) is 5.75 Å². The van der Waals surface area contributed by atoms with Crippen LogP contribution in [0.25, 0.3) is 0 Å². The van der Waals surface area contributed by atoms with Gasteiger partial charge in [-0.3, -0.25) is 4.79 Å². The van der Waals surface area contributed by atoms with E-state index in [2.05, 4.69) is 6.07 Å². The predicted octanol–water partition coefficient (Wildman–Crippen LogP) is 3.55. The van der Waals surface area contributed by atoms with Crippen LogP contribution >= 0.6 is 11.8 Å². The Kier molecular flexibility index (Phi) is 5.57. The lowest BCUT2D eigenvalue weighted by Gasteiger charge is -2.18. The third kappa shape index (κ3) is 3.87. The number of anilines is 1. The van der Waals surface area contributed by atoms with Gasteiger partial charge in [0.1, 0.15) is 11.9 Å². The molecule has 2 unspecified atom stereocenters. The summed E-state index contributed by atoms with van der Waals surface area (Å²) < 4.78 is 11.1. The number of carbonyl (C=O) groups is 1. The maximum absolute atomic E-state index is 12.6. The van der Waals surface area contributed by atoms with Crippen molar-refractivity contribution in [2.75, 3.05) is 30.1 Å². The molecule has 6 heteroatoms. The van der Waals surface area contributed by atoms with Gasteiger partial charge < -0.3 is 14.4 Å². The summed E-state index contributed by atoms with van der Waals surface area (Å²) in [5.74, 6) is 2.87. The molecule has 5 nitrogen and oxygen atoms in total. The zero-order valence-electron chi connectivity index (χ0n) is 16.1. The summed E-state index contributed by atoms with van der Waals surface area (Å²) in [7, 11) is 1.65. The molecular formula is C22H24N2O3S. The van der Waals surface area contributed by atoms with E-state index in [1.54, 1.807) is 18.9 Å². The normalized spacial score (nSPS) is 20.5. The first-order valence-electron chi connectivity index (χ1n) is 9.50. The third-order valence-electron chi connectivity index (χ3n) is 5.16. The van der Waals surface area contributed by atoms with Crippen LogP contribution in [0.5, 0.6) is 5.75 Å². The first kappa shape index (κ1) is 18.9. The Morgan fingerprint density at radius 2 is 2.04 bits per heavy atom. The molecule has 146 valence electrons. The van der Waals surface area contributed by atoms with Gasteiger partial charge in [0.15, 0.2) is 0 Å². The van der Waals surface area contributed by atoms with Gasteiger partial charge >= 0.3 is 0 Å². The summed E-state index contributed by atoms with van der Waals surface area (Å²) in [6.45, 7) is 2.81. The highest BCUT2D eigenvalue weighted by molar-refractivity contribution is 8.00. The van der Waals surface area contributed by atoms with E-state index in [9.17, 15) is 4.79 Å². The largest absolute Gasteiger partial charge is 0.497 e. The summed E-state index contributed by atoms with van der Waals surface area (Å²) in [5.41, 5.74) is 3.27. The molecule has 4 rings (SSSR count). The second-order valence-electron chi connectivity index (χ2n) is 6.99. The Morgan fingerprint density at radius 3 is 2.82 bits per heavy atom. The number of rotatable bonds is 6. The quantitative estimate of drug-likeness (QED) is 0.749. The molecule has 2 aromatic rings. The van der Waals surface area contributed by atoms with Crippen LogP contribution in [-0.2, 0) is 16.0 Å². The van der Waals surface area contributed by atoms with Gasteiger partial charge in [0.05, 0.1) is 18.9 Å². The molecule has 0 aliphatic carbocycles. The maximum Gasteiger partial charge on any atom is 0.236 e. The minimum absolute atomic E-state index is 0.00668. The van der Waals surface area contributed by atoms with E-state index in [-0.39, 0.29) is 18.1 Å². The molecule has 1 amide bonds. The van der Waals surface area contributed by atoms with Crippen molar-refractivity contribution in [3.63, 3.8) is 0 Å². The van der Waals surface area contributed by atoms with E-state index >= 15 is 0 Å². The molecule has 2 aliphatic heterocycles. The van der Waals surface area contributed by atoms with Crippen molar-refractivity contribution in [3.05, 3.63) is 59.7 Å². The number of fused-ring (bicyclic) bond motifs is 1. The smallest absolute Gasteiger partial charge is 0.236 e. The van der Waals surface area contributed by atoms with E-state index in [0.29, 0.717) is 11.7 Å². The van der Waals surface area contributed by atoms with Crippen LogP contribution in [0.2, 0.25) is 0 Å².